The smallest absolute Gasteiger partial charge is 0.354 e. The van der Waals surface area contributed by atoms with Crippen LogP contribution < -0.4 is 5.32 Å². The topological polar surface area (TPSA) is 75.1 Å². The molecule has 5 heteroatoms. The molecule has 0 aliphatic heterocycles. The third-order valence-corrected chi connectivity index (χ3v) is 1.48. The van der Waals surface area contributed by atoms with Crippen molar-refractivity contribution in [1.82, 2.24) is 9.97 Å². The number of nitrogens with one attached hydrogen (secondary N) is 1. The molecule has 0 saturated heterocycles. The molecule has 1 aromatic rings. The summed E-state index contributed by atoms with van der Waals surface area (Å²) in [7, 11) is 0. The minimum Gasteiger partial charge on any atom is -0.477 e. The van der Waals surface area contributed by atoms with Crippen molar-refractivity contribution in [2.75, 3.05) is 11.9 Å². The van der Waals surface area contributed by atoms with Crippen molar-refractivity contribution in [2.45, 2.75) is 6.92 Å². The number of carbonyl (C=O) groups is 1. The lowest BCUT2D eigenvalue weighted by atomic mass is 10.4. The number of aromatic carboxylic acids is 1. The zero-order valence-corrected chi connectivity index (χ0v) is 7.82. The van der Waals surface area contributed by atoms with Crippen molar-refractivity contribution in [3.05, 3.63) is 30.2 Å². The highest BCUT2D eigenvalue weighted by Gasteiger charge is 2.07. The molecule has 0 aliphatic rings. The summed E-state index contributed by atoms with van der Waals surface area (Å²) in [6.07, 6.45) is 1.66. The molecule has 0 aromatic carbocycles. The van der Waals surface area contributed by atoms with Gasteiger partial charge in [0.15, 0.2) is 5.69 Å². The average Bonchev–Trinajstić information content (AvgIpc) is 2.14. The summed E-state index contributed by atoms with van der Waals surface area (Å²) in [6, 6.07) is 1.39. The van der Waals surface area contributed by atoms with Gasteiger partial charge in [-0.3, -0.25) is 0 Å². The quantitative estimate of drug-likeness (QED) is 0.700. The third-order valence-electron chi connectivity index (χ3n) is 1.48. The van der Waals surface area contributed by atoms with Gasteiger partial charge in [0, 0.05) is 12.6 Å². The van der Waals surface area contributed by atoms with Crippen LogP contribution in [0.4, 0.5) is 5.82 Å². The monoisotopic (exact) mass is 193 g/mol. The van der Waals surface area contributed by atoms with E-state index in [1.807, 2.05) is 0 Å². The van der Waals surface area contributed by atoms with Crippen LogP contribution in [0.5, 0.6) is 0 Å². The van der Waals surface area contributed by atoms with E-state index in [1.165, 1.54) is 6.07 Å². The molecule has 0 aliphatic carbocycles. The molecule has 1 aromatic heterocycles. The predicted molar refractivity (Wildman–Crippen MR) is 52.4 cm³/mol. The summed E-state index contributed by atoms with van der Waals surface area (Å²) < 4.78 is 0. The lowest BCUT2D eigenvalue weighted by Gasteiger charge is -2.03. The number of carboxylic acids is 1. The van der Waals surface area contributed by atoms with Gasteiger partial charge in [0.1, 0.15) is 11.6 Å². The first-order chi connectivity index (χ1) is 6.63. The van der Waals surface area contributed by atoms with Crippen molar-refractivity contribution >= 4 is 11.8 Å². The number of carboxylic acid groups (broad SMARTS) is 1. The maximum Gasteiger partial charge on any atom is 0.354 e. The highest BCUT2D eigenvalue weighted by atomic mass is 16.4. The molecular weight excluding hydrogens is 182 g/mol. The predicted octanol–water partition coefficient (Wildman–Crippen LogP) is 1.08. The second-order valence-electron chi connectivity index (χ2n) is 2.66. The van der Waals surface area contributed by atoms with Gasteiger partial charge < -0.3 is 10.4 Å². The van der Waals surface area contributed by atoms with Crippen molar-refractivity contribution in [2.24, 2.45) is 0 Å². The highest BCUT2D eigenvalue weighted by Crippen LogP contribution is 2.06. The number of rotatable bonds is 4. The van der Waals surface area contributed by atoms with E-state index in [2.05, 4.69) is 21.9 Å². The molecule has 0 radical (unpaired) electrons. The van der Waals surface area contributed by atoms with E-state index >= 15 is 0 Å². The first kappa shape index (κ1) is 10.2. The average molecular weight is 193 g/mol. The Morgan fingerprint density at radius 2 is 2.43 bits per heavy atom. The van der Waals surface area contributed by atoms with Crippen molar-refractivity contribution in [3.63, 3.8) is 0 Å². The van der Waals surface area contributed by atoms with Crippen molar-refractivity contribution < 1.29 is 9.90 Å². The van der Waals surface area contributed by atoms with Crippen LogP contribution in [0.2, 0.25) is 0 Å². The Morgan fingerprint density at radius 3 is 3.00 bits per heavy atom. The molecule has 2 N–H and O–H groups in total. The zero-order chi connectivity index (χ0) is 10.6. The normalized spacial score (nSPS) is 9.50. The van der Waals surface area contributed by atoms with Crippen LogP contribution in [0, 0.1) is 6.92 Å². The maximum absolute atomic E-state index is 10.6. The fraction of sp³-hybridized carbons (Fsp3) is 0.222. The van der Waals surface area contributed by atoms with E-state index < -0.39 is 5.97 Å². The molecule has 14 heavy (non-hydrogen) atoms. The van der Waals surface area contributed by atoms with Crippen molar-refractivity contribution in [1.29, 1.82) is 0 Å². The van der Waals surface area contributed by atoms with Gasteiger partial charge in [0.25, 0.3) is 0 Å². The van der Waals surface area contributed by atoms with Crippen LogP contribution in [0.25, 0.3) is 0 Å². The van der Waals surface area contributed by atoms with Gasteiger partial charge in [-0.25, -0.2) is 14.8 Å². The van der Waals surface area contributed by atoms with Crippen molar-refractivity contribution in [3.8, 4) is 0 Å². The summed E-state index contributed by atoms with van der Waals surface area (Å²) in [4.78, 5) is 18.4. The molecule has 0 spiro atoms. The number of aryl methyl sites for hydroxylation is 1. The molecule has 74 valence electrons. The van der Waals surface area contributed by atoms with Gasteiger partial charge in [0.2, 0.25) is 0 Å². The Balaban J connectivity index is 2.94. The summed E-state index contributed by atoms with van der Waals surface area (Å²) in [5.74, 6) is -0.136. The lowest BCUT2D eigenvalue weighted by molar-refractivity contribution is 0.0690. The van der Waals surface area contributed by atoms with Gasteiger partial charge in [-0.2, -0.15) is 0 Å². The van der Waals surface area contributed by atoms with E-state index in [0.29, 0.717) is 18.2 Å². The Hall–Kier alpha value is -1.91. The Kier molecular flexibility index (Phi) is 3.17. The minimum absolute atomic E-state index is 0.0101. The largest absolute Gasteiger partial charge is 0.477 e. The fourth-order valence-electron chi connectivity index (χ4n) is 0.945. The summed E-state index contributed by atoms with van der Waals surface area (Å²) in [6.45, 7) is 5.72. The summed E-state index contributed by atoms with van der Waals surface area (Å²) in [5, 5.41) is 11.6. The highest BCUT2D eigenvalue weighted by molar-refractivity contribution is 5.86. The Morgan fingerprint density at radius 1 is 1.71 bits per heavy atom. The molecule has 0 unspecified atom stereocenters. The first-order valence-corrected chi connectivity index (χ1v) is 4.07. The summed E-state index contributed by atoms with van der Waals surface area (Å²) >= 11 is 0. The number of anilines is 1. The van der Waals surface area contributed by atoms with Gasteiger partial charge in [-0.05, 0) is 6.92 Å². The standard InChI is InChI=1S/C9H11N3O2/c1-3-4-10-8-5-7(9(13)14)11-6(2)12-8/h3,5H,1,4H2,2H3,(H,13,14)(H,10,11,12). The molecule has 0 amide bonds. The minimum atomic E-state index is -1.06. The van der Waals surface area contributed by atoms with E-state index in [4.69, 9.17) is 5.11 Å². The molecule has 5 nitrogen and oxygen atoms in total. The maximum atomic E-state index is 10.6. The molecular formula is C9H11N3O2. The second kappa shape index (κ2) is 4.36. The first-order valence-electron chi connectivity index (χ1n) is 4.07. The second-order valence-corrected chi connectivity index (χ2v) is 2.66. The van der Waals surface area contributed by atoms with Gasteiger partial charge in [0.05, 0.1) is 0 Å². The van der Waals surface area contributed by atoms with Crippen LogP contribution >= 0.6 is 0 Å². The Bertz CT molecular complexity index is 363. The van der Waals surface area contributed by atoms with Crippen LogP contribution in [0.3, 0.4) is 0 Å². The Labute approximate surface area is 81.5 Å². The zero-order valence-electron chi connectivity index (χ0n) is 7.82. The third kappa shape index (κ3) is 2.55. The number of aromatic nitrogens is 2. The van der Waals surface area contributed by atoms with Crippen LogP contribution in [0.1, 0.15) is 16.3 Å². The van der Waals surface area contributed by atoms with Gasteiger partial charge in [-0.1, -0.05) is 6.08 Å². The van der Waals surface area contributed by atoms with E-state index in [-0.39, 0.29) is 5.69 Å². The molecule has 0 bridgehead atoms. The number of hydrogen-bond donors (Lipinski definition) is 2. The van der Waals surface area contributed by atoms with Crippen LogP contribution in [-0.4, -0.2) is 27.6 Å². The number of hydrogen-bond acceptors (Lipinski definition) is 4. The molecule has 0 atom stereocenters. The molecule has 0 saturated carbocycles. The van der Waals surface area contributed by atoms with E-state index in [9.17, 15) is 4.79 Å². The SMILES string of the molecule is C=CCNc1cc(C(=O)O)nc(C)n1. The number of nitrogens with zero attached hydrogens (tertiary/aromatic N) is 2. The van der Waals surface area contributed by atoms with Crippen LogP contribution in [-0.2, 0) is 0 Å². The lowest BCUT2D eigenvalue weighted by Crippen LogP contribution is -2.07. The molecule has 1 rings (SSSR count). The molecule has 0 fully saturated rings. The van der Waals surface area contributed by atoms with E-state index in [0.717, 1.165) is 0 Å². The summed E-state index contributed by atoms with van der Waals surface area (Å²) in [5.41, 5.74) is -0.0101. The van der Waals surface area contributed by atoms with Gasteiger partial charge in [-0.15, -0.1) is 6.58 Å². The molecule has 1 heterocycles. The van der Waals surface area contributed by atoms with E-state index in [1.54, 1.807) is 13.0 Å². The van der Waals surface area contributed by atoms with Crippen LogP contribution in [0.15, 0.2) is 18.7 Å². The van der Waals surface area contributed by atoms with Gasteiger partial charge >= 0.3 is 5.97 Å². The fourth-order valence-corrected chi connectivity index (χ4v) is 0.945.